The summed E-state index contributed by atoms with van der Waals surface area (Å²) in [4.78, 5) is 29.2. The van der Waals surface area contributed by atoms with E-state index in [2.05, 4.69) is 10.3 Å². The minimum atomic E-state index is -0.316. The van der Waals surface area contributed by atoms with Gasteiger partial charge in [-0.3, -0.25) is 9.59 Å². The second-order valence-electron chi connectivity index (χ2n) is 5.30. The van der Waals surface area contributed by atoms with Crippen molar-refractivity contribution in [3.63, 3.8) is 0 Å². The van der Waals surface area contributed by atoms with Gasteiger partial charge < -0.3 is 19.4 Å². The van der Waals surface area contributed by atoms with Crippen molar-refractivity contribution in [3.05, 3.63) is 17.8 Å². The summed E-state index contributed by atoms with van der Waals surface area (Å²) in [6.45, 7) is 3.56. The third-order valence-electron chi connectivity index (χ3n) is 4.03. The van der Waals surface area contributed by atoms with Crippen LogP contribution in [-0.4, -0.2) is 53.5 Å². The van der Waals surface area contributed by atoms with Gasteiger partial charge in [0, 0.05) is 19.6 Å². The van der Waals surface area contributed by atoms with Crippen molar-refractivity contribution in [3.8, 4) is 0 Å². The number of carbonyl (C=O) groups is 2. The summed E-state index contributed by atoms with van der Waals surface area (Å²) in [6.07, 6.45) is 2.72. The Labute approximate surface area is 116 Å². The summed E-state index contributed by atoms with van der Waals surface area (Å²) in [7, 11) is 0. The number of likely N-dealkylation sites (tertiary alicyclic amines) is 1. The maximum absolute atomic E-state index is 12.3. The van der Waals surface area contributed by atoms with Crippen LogP contribution in [0.5, 0.6) is 0 Å². The molecule has 7 nitrogen and oxygen atoms in total. The molecule has 1 aromatic heterocycles. The van der Waals surface area contributed by atoms with Gasteiger partial charge in [0.25, 0.3) is 5.91 Å². The van der Waals surface area contributed by atoms with Gasteiger partial charge in [-0.05, 0) is 19.8 Å². The largest absolute Gasteiger partial charge is 0.448 e. The molecule has 0 aliphatic carbocycles. The molecule has 0 aromatic carbocycles. The molecule has 2 amide bonds. The molecule has 7 heteroatoms. The molecule has 0 unspecified atom stereocenters. The van der Waals surface area contributed by atoms with Gasteiger partial charge in [-0.2, -0.15) is 0 Å². The number of oxazole rings is 1. The van der Waals surface area contributed by atoms with Crippen LogP contribution in [0, 0.1) is 6.92 Å². The Bertz CT molecular complexity index is 519. The Balaban J connectivity index is 1.63. The van der Waals surface area contributed by atoms with Crippen molar-refractivity contribution in [2.24, 2.45) is 0 Å². The lowest BCUT2D eigenvalue weighted by Gasteiger charge is -2.43. The molecule has 3 rings (SSSR count). The third-order valence-corrected chi connectivity index (χ3v) is 4.03. The zero-order chi connectivity index (χ0) is 14.2. The fourth-order valence-corrected chi connectivity index (χ4v) is 2.68. The second-order valence-corrected chi connectivity index (χ2v) is 5.30. The number of hydrogen-bond donors (Lipinski definition) is 1. The predicted octanol–water partition coefficient (Wildman–Crippen LogP) is 0.104. The molecule has 2 aliphatic rings. The van der Waals surface area contributed by atoms with Crippen LogP contribution in [0.1, 0.15) is 29.1 Å². The van der Waals surface area contributed by atoms with Gasteiger partial charge in [-0.25, -0.2) is 4.98 Å². The summed E-state index contributed by atoms with van der Waals surface area (Å²) >= 11 is 0. The van der Waals surface area contributed by atoms with Crippen molar-refractivity contribution >= 4 is 11.8 Å². The number of aryl methyl sites for hydroxylation is 1. The molecule has 2 saturated heterocycles. The van der Waals surface area contributed by atoms with E-state index in [0.29, 0.717) is 31.1 Å². The minimum Gasteiger partial charge on any atom is -0.448 e. The van der Waals surface area contributed by atoms with Gasteiger partial charge in [0.15, 0.2) is 12.1 Å². The second kappa shape index (κ2) is 4.90. The molecule has 0 bridgehead atoms. The van der Waals surface area contributed by atoms with Crippen molar-refractivity contribution < 1.29 is 18.7 Å². The maximum atomic E-state index is 12.3. The van der Waals surface area contributed by atoms with E-state index in [-0.39, 0.29) is 24.0 Å². The van der Waals surface area contributed by atoms with E-state index in [9.17, 15) is 9.59 Å². The molecule has 1 N–H and O–H groups in total. The topological polar surface area (TPSA) is 84.7 Å². The molecular formula is C13H17N3O4. The van der Waals surface area contributed by atoms with Gasteiger partial charge in [-0.15, -0.1) is 0 Å². The Morgan fingerprint density at radius 3 is 2.75 bits per heavy atom. The van der Waals surface area contributed by atoms with E-state index in [1.54, 1.807) is 11.8 Å². The zero-order valence-corrected chi connectivity index (χ0v) is 11.3. The fraction of sp³-hybridized carbons (Fsp3) is 0.615. The highest BCUT2D eigenvalue weighted by Gasteiger charge is 2.40. The molecule has 0 radical (unpaired) electrons. The van der Waals surface area contributed by atoms with Gasteiger partial charge in [0.1, 0.15) is 12.4 Å². The molecule has 1 spiro atoms. The number of aromatic nitrogens is 1. The molecule has 2 fully saturated rings. The number of carbonyl (C=O) groups excluding carboxylic acids is 2. The van der Waals surface area contributed by atoms with Crippen molar-refractivity contribution in [2.75, 3.05) is 26.2 Å². The first-order valence-corrected chi connectivity index (χ1v) is 6.70. The highest BCUT2D eigenvalue weighted by molar-refractivity contribution is 5.93. The number of nitrogens with one attached hydrogen (secondary N) is 1. The SMILES string of the molecule is Cc1ocnc1C(=O)N1CCC2(CC1)CNC(=O)CO2. The van der Waals surface area contributed by atoms with Crippen LogP contribution < -0.4 is 5.32 Å². The van der Waals surface area contributed by atoms with Crippen molar-refractivity contribution in [1.29, 1.82) is 0 Å². The summed E-state index contributed by atoms with van der Waals surface area (Å²) in [5.74, 6) is 0.356. The van der Waals surface area contributed by atoms with E-state index in [4.69, 9.17) is 9.15 Å². The molecule has 1 aromatic rings. The Morgan fingerprint density at radius 1 is 1.45 bits per heavy atom. The van der Waals surface area contributed by atoms with Crippen LogP contribution in [0.25, 0.3) is 0 Å². The van der Waals surface area contributed by atoms with Crippen LogP contribution in [0.3, 0.4) is 0 Å². The van der Waals surface area contributed by atoms with E-state index in [0.717, 1.165) is 12.8 Å². The summed E-state index contributed by atoms with van der Waals surface area (Å²) in [5, 5.41) is 2.83. The number of nitrogens with zero attached hydrogens (tertiary/aromatic N) is 2. The molecular weight excluding hydrogens is 262 g/mol. The smallest absolute Gasteiger partial charge is 0.276 e. The normalized spacial score (nSPS) is 21.9. The molecule has 0 saturated carbocycles. The molecule has 3 heterocycles. The van der Waals surface area contributed by atoms with Gasteiger partial charge >= 0.3 is 0 Å². The monoisotopic (exact) mass is 279 g/mol. The van der Waals surface area contributed by atoms with E-state index in [1.165, 1.54) is 6.39 Å². The summed E-state index contributed by atoms with van der Waals surface area (Å²) < 4.78 is 10.7. The van der Waals surface area contributed by atoms with Gasteiger partial charge in [0.05, 0.1) is 5.60 Å². The van der Waals surface area contributed by atoms with Crippen molar-refractivity contribution in [2.45, 2.75) is 25.4 Å². The lowest BCUT2D eigenvalue weighted by molar-refractivity contribution is -0.149. The Morgan fingerprint density at radius 2 is 2.20 bits per heavy atom. The van der Waals surface area contributed by atoms with Crippen LogP contribution in [-0.2, 0) is 9.53 Å². The molecule has 2 aliphatic heterocycles. The summed E-state index contributed by atoms with van der Waals surface area (Å²) in [5.41, 5.74) is 0.0580. The van der Waals surface area contributed by atoms with Gasteiger partial charge in [-0.1, -0.05) is 0 Å². The Kier molecular flexibility index (Phi) is 3.21. The number of amides is 2. The lowest BCUT2D eigenvalue weighted by Crippen LogP contribution is -2.58. The van der Waals surface area contributed by atoms with E-state index < -0.39 is 0 Å². The standard InChI is InChI=1S/C13H17N3O4/c1-9-11(15-8-19-9)12(18)16-4-2-13(3-5-16)7-14-10(17)6-20-13/h8H,2-7H2,1H3,(H,14,17). The quantitative estimate of drug-likeness (QED) is 0.788. The average Bonchev–Trinajstić information content (AvgIpc) is 2.89. The number of hydrogen-bond acceptors (Lipinski definition) is 5. The molecule has 20 heavy (non-hydrogen) atoms. The fourth-order valence-electron chi connectivity index (χ4n) is 2.68. The number of ether oxygens (including phenoxy) is 1. The first-order chi connectivity index (χ1) is 9.60. The minimum absolute atomic E-state index is 0.0765. The highest BCUT2D eigenvalue weighted by atomic mass is 16.5. The number of piperidine rings is 1. The van der Waals surface area contributed by atoms with Crippen LogP contribution in [0.15, 0.2) is 10.8 Å². The average molecular weight is 279 g/mol. The molecule has 108 valence electrons. The van der Waals surface area contributed by atoms with Crippen LogP contribution >= 0.6 is 0 Å². The highest BCUT2D eigenvalue weighted by Crippen LogP contribution is 2.28. The predicted molar refractivity (Wildman–Crippen MR) is 68.1 cm³/mol. The first-order valence-electron chi connectivity index (χ1n) is 6.70. The maximum Gasteiger partial charge on any atom is 0.276 e. The van der Waals surface area contributed by atoms with E-state index in [1.807, 2.05) is 0 Å². The van der Waals surface area contributed by atoms with Gasteiger partial charge in [0.2, 0.25) is 5.91 Å². The first kappa shape index (κ1) is 13.1. The Hall–Kier alpha value is -1.89. The van der Waals surface area contributed by atoms with Crippen molar-refractivity contribution in [1.82, 2.24) is 15.2 Å². The van der Waals surface area contributed by atoms with Crippen LogP contribution in [0.4, 0.5) is 0 Å². The third kappa shape index (κ3) is 2.29. The van der Waals surface area contributed by atoms with Crippen LogP contribution in [0.2, 0.25) is 0 Å². The lowest BCUT2D eigenvalue weighted by atomic mass is 9.90. The molecule has 0 atom stereocenters. The summed E-state index contributed by atoms with van der Waals surface area (Å²) in [6, 6.07) is 0. The zero-order valence-electron chi connectivity index (χ0n) is 11.3. The van der Waals surface area contributed by atoms with E-state index >= 15 is 0 Å². The number of rotatable bonds is 1. The number of morpholine rings is 1.